The summed E-state index contributed by atoms with van der Waals surface area (Å²) in [7, 11) is 0. The number of nitrogens with zero attached hydrogens (tertiary/aromatic N) is 3. The number of aromatic nitrogens is 3. The average Bonchev–Trinajstić information content (AvgIpc) is 2.15. The summed E-state index contributed by atoms with van der Waals surface area (Å²) in [6.07, 6.45) is 5.10. The third-order valence-corrected chi connectivity index (χ3v) is 1.99. The first-order chi connectivity index (χ1) is 5.84. The van der Waals surface area contributed by atoms with Crippen LogP contribution in [0.15, 0.2) is 12.7 Å². The van der Waals surface area contributed by atoms with Gasteiger partial charge in [-0.25, -0.2) is 15.0 Å². The number of rotatable bonds is 4. The topological polar surface area (TPSA) is 38.7 Å². The Kier molecular flexibility index (Phi) is 3.94. The van der Waals surface area contributed by atoms with Gasteiger partial charge in [0.1, 0.15) is 18.5 Å². The van der Waals surface area contributed by atoms with Gasteiger partial charge in [0.2, 0.25) is 0 Å². The van der Waals surface area contributed by atoms with Crippen molar-refractivity contribution in [3.63, 3.8) is 0 Å². The summed E-state index contributed by atoms with van der Waals surface area (Å²) in [6, 6.07) is 0. The zero-order valence-corrected chi connectivity index (χ0v) is 7.83. The van der Waals surface area contributed by atoms with Crippen LogP contribution in [0.1, 0.15) is 31.5 Å². The summed E-state index contributed by atoms with van der Waals surface area (Å²) < 4.78 is 0. The van der Waals surface area contributed by atoms with Crippen molar-refractivity contribution in [2.45, 2.75) is 25.7 Å². The SMILES string of the molecule is CC(CCCCl)c1ncncn1. The van der Waals surface area contributed by atoms with Gasteiger partial charge in [0, 0.05) is 11.8 Å². The molecule has 0 N–H and O–H groups in total. The van der Waals surface area contributed by atoms with Gasteiger partial charge in [0.15, 0.2) is 0 Å². The lowest BCUT2D eigenvalue weighted by molar-refractivity contribution is 0.624. The lowest BCUT2D eigenvalue weighted by Crippen LogP contribution is -2.00. The number of hydrogen-bond donors (Lipinski definition) is 0. The van der Waals surface area contributed by atoms with Crippen molar-refractivity contribution in [3.8, 4) is 0 Å². The Labute approximate surface area is 77.2 Å². The molecule has 3 nitrogen and oxygen atoms in total. The van der Waals surface area contributed by atoms with Crippen LogP contribution in [0, 0.1) is 0 Å². The van der Waals surface area contributed by atoms with Gasteiger partial charge in [0.05, 0.1) is 0 Å². The van der Waals surface area contributed by atoms with Gasteiger partial charge in [-0.2, -0.15) is 0 Å². The molecule has 0 radical (unpaired) electrons. The van der Waals surface area contributed by atoms with E-state index in [2.05, 4.69) is 21.9 Å². The Morgan fingerprint density at radius 1 is 1.42 bits per heavy atom. The summed E-state index contributed by atoms with van der Waals surface area (Å²) in [5.74, 6) is 1.94. The number of hydrogen-bond acceptors (Lipinski definition) is 3. The third kappa shape index (κ3) is 2.74. The lowest BCUT2D eigenvalue weighted by Gasteiger charge is -2.06. The molecule has 0 saturated heterocycles. The van der Waals surface area contributed by atoms with Gasteiger partial charge in [-0.1, -0.05) is 6.92 Å². The van der Waals surface area contributed by atoms with Gasteiger partial charge < -0.3 is 0 Å². The van der Waals surface area contributed by atoms with Crippen LogP contribution in [0.25, 0.3) is 0 Å². The molecular formula is C8H12ClN3. The molecule has 0 amide bonds. The van der Waals surface area contributed by atoms with E-state index in [1.807, 2.05) is 0 Å². The smallest absolute Gasteiger partial charge is 0.134 e. The molecule has 0 aliphatic carbocycles. The van der Waals surface area contributed by atoms with Crippen molar-refractivity contribution in [2.24, 2.45) is 0 Å². The van der Waals surface area contributed by atoms with Crippen LogP contribution < -0.4 is 0 Å². The minimum absolute atomic E-state index is 0.381. The molecule has 1 atom stereocenters. The standard InChI is InChI=1S/C8H12ClN3/c1-7(3-2-4-9)8-11-5-10-6-12-8/h5-7H,2-4H2,1H3. The van der Waals surface area contributed by atoms with Gasteiger partial charge in [-0.05, 0) is 12.8 Å². The minimum Gasteiger partial charge on any atom is -0.225 e. The maximum Gasteiger partial charge on any atom is 0.134 e. The van der Waals surface area contributed by atoms with Crippen molar-refractivity contribution < 1.29 is 0 Å². The van der Waals surface area contributed by atoms with E-state index >= 15 is 0 Å². The van der Waals surface area contributed by atoms with E-state index in [0.717, 1.165) is 18.7 Å². The highest BCUT2D eigenvalue weighted by Gasteiger charge is 2.06. The summed E-state index contributed by atoms with van der Waals surface area (Å²) in [6.45, 7) is 2.10. The molecule has 0 fully saturated rings. The van der Waals surface area contributed by atoms with E-state index in [1.165, 1.54) is 12.7 Å². The van der Waals surface area contributed by atoms with Gasteiger partial charge in [0.25, 0.3) is 0 Å². The maximum absolute atomic E-state index is 5.58. The molecule has 1 aromatic rings. The molecule has 0 spiro atoms. The van der Waals surface area contributed by atoms with Crippen LogP contribution in [0.2, 0.25) is 0 Å². The van der Waals surface area contributed by atoms with E-state index in [4.69, 9.17) is 11.6 Å². The zero-order valence-electron chi connectivity index (χ0n) is 7.07. The minimum atomic E-state index is 0.381. The molecule has 0 aliphatic heterocycles. The normalized spacial score (nSPS) is 12.8. The number of alkyl halides is 1. The van der Waals surface area contributed by atoms with E-state index in [0.29, 0.717) is 11.8 Å². The highest BCUT2D eigenvalue weighted by molar-refractivity contribution is 6.17. The fourth-order valence-electron chi connectivity index (χ4n) is 1.02. The summed E-state index contributed by atoms with van der Waals surface area (Å²) in [4.78, 5) is 11.9. The number of halogens is 1. The van der Waals surface area contributed by atoms with Crippen LogP contribution in [0.3, 0.4) is 0 Å². The van der Waals surface area contributed by atoms with E-state index < -0.39 is 0 Å². The second-order valence-electron chi connectivity index (χ2n) is 2.73. The molecule has 12 heavy (non-hydrogen) atoms. The van der Waals surface area contributed by atoms with Crippen molar-refractivity contribution in [2.75, 3.05) is 5.88 Å². The molecule has 1 heterocycles. The molecule has 1 aromatic heterocycles. The molecule has 0 bridgehead atoms. The maximum atomic E-state index is 5.58. The summed E-state index contributed by atoms with van der Waals surface area (Å²) in [5, 5.41) is 0. The van der Waals surface area contributed by atoms with E-state index in [-0.39, 0.29) is 0 Å². The van der Waals surface area contributed by atoms with E-state index in [1.54, 1.807) is 0 Å². The van der Waals surface area contributed by atoms with Crippen molar-refractivity contribution >= 4 is 11.6 Å². The van der Waals surface area contributed by atoms with Crippen LogP contribution in [-0.4, -0.2) is 20.8 Å². The molecule has 0 saturated carbocycles. The van der Waals surface area contributed by atoms with Crippen molar-refractivity contribution in [3.05, 3.63) is 18.5 Å². The predicted octanol–water partition coefficient (Wildman–Crippen LogP) is 1.99. The van der Waals surface area contributed by atoms with Crippen LogP contribution in [0.4, 0.5) is 0 Å². The summed E-state index contributed by atoms with van der Waals surface area (Å²) >= 11 is 5.58. The molecule has 1 unspecified atom stereocenters. The Balaban J connectivity index is 2.48. The van der Waals surface area contributed by atoms with Gasteiger partial charge >= 0.3 is 0 Å². The fourth-order valence-corrected chi connectivity index (χ4v) is 1.17. The lowest BCUT2D eigenvalue weighted by atomic mass is 10.1. The first-order valence-corrected chi connectivity index (χ1v) is 4.56. The Morgan fingerprint density at radius 2 is 2.08 bits per heavy atom. The van der Waals surface area contributed by atoms with Gasteiger partial charge in [-0.15, -0.1) is 11.6 Å². The highest BCUT2D eigenvalue weighted by Crippen LogP contribution is 2.15. The molecule has 1 rings (SSSR count). The Hall–Kier alpha value is -0.700. The monoisotopic (exact) mass is 185 g/mol. The summed E-state index contributed by atoms with van der Waals surface area (Å²) in [5.41, 5.74) is 0. The molecular weight excluding hydrogens is 174 g/mol. The Bertz CT molecular complexity index is 215. The van der Waals surface area contributed by atoms with E-state index in [9.17, 15) is 0 Å². The third-order valence-electron chi connectivity index (χ3n) is 1.72. The quantitative estimate of drug-likeness (QED) is 0.674. The van der Waals surface area contributed by atoms with Crippen LogP contribution >= 0.6 is 11.6 Å². The molecule has 4 heteroatoms. The second-order valence-corrected chi connectivity index (χ2v) is 3.11. The molecule has 66 valence electrons. The fraction of sp³-hybridized carbons (Fsp3) is 0.625. The van der Waals surface area contributed by atoms with Crippen molar-refractivity contribution in [1.82, 2.24) is 15.0 Å². The van der Waals surface area contributed by atoms with Gasteiger partial charge in [-0.3, -0.25) is 0 Å². The first-order valence-electron chi connectivity index (χ1n) is 4.02. The van der Waals surface area contributed by atoms with Crippen LogP contribution in [0.5, 0.6) is 0 Å². The largest absolute Gasteiger partial charge is 0.225 e. The highest BCUT2D eigenvalue weighted by atomic mass is 35.5. The molecule has 0 aromatic carbocycles. The zero-order chi connectivity index (χ0) is 8.81. The second kappa shape index (κ2) is 5.04. The molecule has 0 aliphatic rings. The Morgan fingerprint density at radius 3 is 2.67 bits per heavy atom. The van der Waals surface area contributed by atoms with Crippen LogP contribution in [-0.2, 0) is 0 Å². The average molecular weight is 186 g/mol. The first kappa shape index (κ1) is 9.39. The van der Waals surface area contributed by atoms with Crippen molar-refractivity contribution in [1.29, 1.82) is 0 Å². The predicted molar refractivity (Wildman–Crippen MR) is 48.2 cm³/mol.